The van der Waals surface area contributed by atoms with Crippen molar-refractivity contribution >= 4 is 23.6 Å². The molecule has 3 N–H and O–H groups in total. The first-order valence-electron chi connectivity index (χ1n) is 10.9. The lowest BCUT2D eigenvalue weighted by Gasteiger charge is -2.15. The molecule has 0 aliphatic heterocycles. The Morgan fingerprint density at radius 2 is 1.85 bits per heavy atom. The first kappa shape index (κ1) is 22.4. The molecule has 0 heterocycles. The van der Waals surface area contributed by atoms with Crippen molar-refractivity contribution in [2.45, 2.75) is 26.3 Å². The maximum Gasteiger partial charge on any atom is 0.310 e. The van der Waals surface area contributed by atoms with E-state index in [9.17, 15) is 9.59 Å². The van der Waals surface area contributed by atoms with Gasteiger partial charge >= 0.3 is 5.97 Å². The second kappa shape index (κ2) is 9.79. The Labute approximate surface area is 192 Å². The van der Waals surface area contributed by atoms with Gasteiger partial charge in [0.2, 0.25) is 0 Å². The number of carbonyl (C=O) groups is 2. The number of rotatable bonds is 7. The van der Waals surface area contributed by atoms with Crippen molar-refractivity contribution < 1.29 is 18.7 Å². The Hall–Kier alpha value is -3.77. The van der Waals surface area contributed by atoms with Crippen LogP contribution in [0.15, 0.2) is 60.7 Å². The molecule has 3 aromatic carbocycles. The molecule has 1 amide bonds. The molecule has 1 aliphatic carbocycles. The summed E-state index contributed by atoms with van der Waals surface area (Å²) in [4.78, 5) is 25.2. The molecule has 0 atom stereocenters. The van der Waals surface area contributed by atoms with Gasteiger partial charge in [-0.05, 0) is 53.8 Å². The molecular weight excluding hydrogens is 419 g/mol. The largest absolute Gasteiger partial charge is 0.466 e. The zero-order chi connectivity index (χ0) is 23.4. The number of anilines is 1. The van der Waals surface area contributed by atoms with Gasteiger partial charge in [-0.15, -0.1) is 0 Å². The highest BCUT2D eigenvalue weighted by Gasteiger charge is 2.20. The standard InChI is InChI=1S/C27H25FN2O3/c1-2-33-25(31)15-18-7-3-4-12-24(18)30-27(32)20-13-17-8-5-10-21(17)23(14-20)22-11-6-9-19(16-29)26(22)28/h3-7,9-14H,2,8,15-16,29H2,1H3,(H,30,32). The number of fused-ring (bicyclic) bond motifs is 1. The van der Waals surface area contributed by atoms with E-state index in [1.165, 1.54) is 0 Å². The van der Waals surface area contributed by atoms with Crippen LogP contribution >= 0.6 is 0 Å². The second-order valence-corrected chi connectivity index (χ2v) is 7.78. The molecule has 0 bridgehead atoms. The lowest BCUT2D eigenvalue weighted by atomic mass is 9.92. The van der Waals surface area contributed by atoms with E-state index in [0.29, 0.717) is 46.5 Å². The molecule has 5 nitrogen and oxygen atoms in total. The van der Waals surface area contributed by atoms with E-state index in [-0.39, 0.29) is 30.7 Å². The van der Waals surface area contributed by atoms with Gasteiger partial charge in [0.25, 0.3) is 5.91 Å². The molecule has 0 unspecified atom stereocenters. The zero-order valence-corrected chi connectivity index (χ0v) is 18.4. The number of esters is 1. The first-order valence-corrected chi connectivity index (χ1v) is 10.9. The van der Waals surface area contributed by atoms with Gasteiger partial charge in [0.1, 0.15) is 5.82 Å². The predicted molar refractivity (Wildman–Crippen MR) is 127 cm³/mol. The van der Waals surface area contributed by atoms with E-state index in [4.69, 9.17) is 10.5 Å². The highest BCUT2D eigenvalue weighted by molar-refractivity contribution is 6.06. The van der Waals surface area contributed by atoms with Crippen molar-refractivity contribution in [3.63, 3.8) is 0 Å². The molecular formula is C27H25FN2O3. The normalized spacial score (nSPS) is 11.8. The first-order chi connectivity index (χ1) is 16.0. The summed E-state index contributed by atoms with van der Waals surface area (Å²) in [7, 11) is 0. The third-order valence-corrected chi connectivity index (χ3v) is 5.64. The number of nitrogens with one attached hydrogen (secondary N) is 1. The number of nitrogens with two attached hydrogens (primary N) is 1. The van der Waals surface area contributed by atoms with Crippen LogP contribution < -0.4 is 11.1 Å². The Balaban J connectivity index is 1.69. The zero-order valence-electron chi connectivity index (χ0n) is 18.4. The molecule has 3 aromatic rings. The topological polar surface area (TPSA) is 81.4 Å². The summed E-state index contributed by atoms with van der Waals surface area (Å²) >= 11 is 0. The van der Waals surface area contributed by atoms with Crippen molar-refractivity contribution in [3.8, 4) is 11.1 Å². The monoisotopic (exact) mass is 444 g/mol. The van der Waals surface area contributed by atoms with E-state index in [2.05, 4.69) is 5.32 Å². The van der Waals surface area contributed by atoms with Crippen LogP contribution in [0.3, 0.4) is 0 Å². The molecule has 168 valence electrons. The maximum absolute atomic E-state index is 15.1. The molecule has 0 saturated heterocycles. The second-order valence-electron chi connectivity index (χ2n) is 7.78. The molecule has 0 saturated carbocycles. The summed E-state index contributed by atoms with van der Waals surface area (Å²) < 4.78 is 20.1. The summed E-state index contributed by atoms with van der Waals surface area (Å²) in [6.07, 6.45) is 4.67. The van der Waals surface area contributed by atoms with Crippen LogP contribution in [-0.2, 0) is 28.9 Å². The number of para-hydroxylation sites is 1. The SMILES string of the molecule is CCOC(=O)Cc1ccccc1NC(=O)c1cc2c(c(-c3cccc(CN)c3F)c1)C=CC2. The van der Waals surface area contributed by atoms with Crippen LogP contribution in [0.25, 0.3) is 17.2 Å². The minimum atomic E-state index is -0.375. The van der Waals surface area contributed by atoms with E-state index >= 15 is 4.39 Å². The molecule has 0 aromatic heterocycles. The van der Waals surface area contributed by atoms with Crippen LogP contribution in [0.1, 0.15) is 39.5 Å². The van der Waals surface area contributed by atoms with Crippen LogP contribution in [-0.4, -0.2) is 18.5 Å². The fraction of sp³-hybridized carbons (Fsp3) is 0.185. The molecule has 6 heteroatoms. The summed E-state index contributed by atoms with van der Waals surface area (Å²) in [5.41, 5.74) is 10.6. The van der Waals surface area contributed by atoms with Gasteiger partial charge in [0, 0.05) is 28.9 Å². The van der Waals surface area contributed by atoms with Gasteiger partial charge in [0.15, 0.2) is 0 Å². The highest BCUT2D eigenvalue weighted by atomic mass is 19.1. The molecule has 0 fully saturated rings. The maximum atomic E-state index is 15.1. The molecule has 4 rings (SSSR count). The number of halogens is 1. The van der Waals surface area contributed by atoms with Crippen molar-refractivity contribution in [1.82, 2.24) is 0 Å². The van der Waals surface area contributed by atoms with Gasteiger partial charge in [-0.1, -0.05) is 48.6 Å². The summed E-state index contributed by atoms with van der Waals surface area (Å²) in [6.45, 7) is 2.13. The number of amides is 1. The minimum Gasteiger partial charge on any atom is -0.466 e. The van der Waals surface area contributed by atoms with E-state index in [0.717, 1.165) is 11.1 Å². The summed E-state index contributed by atoms with van der Waals surface area (Å²) in [5, 5.41) is 2.90. The lowest BCUT2D eigenvalue weighted by Crippen LogP contribution is -2.16. The van der Waals surface area contributed by atoms with Crippen LogP contribution in [0, 0.1) is 5.82 Å². The van der Waals surface area contributed by atoms with Crippen molar-refractivity contribution in [1.29, 1.82) is 0 Å². The number of hydrogen-bond donors (Lipinski definition) is 2. The average Bonchev–Trinajstić information content (AvgIpc) is 3.29. The Kier molecular flexibility index (Phi) is 6.66. The fourth-order valence-corrected chi connectivity index (χ4v) is 4.04. The third-order valence-electron chi connectivity index (χ3n) is 5.64. The number of allylic oxidation sites excluding steroid dienone is 1. The van der Waals surface area contributed by atoms with E-state index < -0.39 is 0 Å². The molecule has 33 heavy (non-hydrogen) atoms. The van der Waals surface area contributed by atoms with Crippen molar-refractivity contribution in [2.75, 3.05) is 11.9 Å². The van der Waals surface area contributed by atoms with Gasteiger partial charge in [0.05, 0.1) is 13.0 Å². The molecule has 1 aliphatic rings. The molecule has 0 spiro atoms. The summed E-state index contributed by atoms with van der Waals surface area (Å²) in [6, 6.07) is 15.8. The molecule has 0 radical (unpaired) electrons. The number of benzene rings is 3. The number of ether oxygens (including phenoxy) is 1. The lowest BCUT2D eigenvalue weighted by molar-refractivity contribution is -0.142. The Morgan fingerprint density at radius 3 is 2.64 bits per heavy atom. The van der Waals surface area contributed by atoms with Crippen molar-refractivity contribution in [2.24, 2.45) is 5.73 Å². The van der Waals surface area contributed by atoms with Crippen LogP contribution in [0.4, 0.5) is 10.1 Å². The predicted octanol–water partition coefficient (Wildman–Crippen LogP) is 4.88. The third kappa shape index (κ3) is 4.71. The Bertz CT molecular complexity index is 1250. The quantitative estimate of drug-likeness (QED) is 0.509. The van der Waals surface area contributed by atoms with E-state index in [1.54, 1.807) is 55.5 Å². The van der Waals surface area contributed by atoms with Gasteiger partial charge < -0.3 is 15.8 Å². The minimum absolute atomic E-state index is 0.0563. The van der Waals surface area contributed by atoms with Gasteiger partial charge in [-0.3, -0.25) is 9.59 Å². The fourth-order valence-electron chi connectivity index (χ4n) is 4.04. The van der Waals surface area contributed by atoms with Crippen LogP contribution in [0.2, 0.25) is 0 Å². The highest BCUT2D eigenvalue weighted by Crippen LogP contribution is 2.35. The number of carbonyl (C=O) groups excluding carboxylic acids is 2. The summed E-state index contributed by atoms with van der Waals surface area (Å²) in [5.74, 6) is -1.07. The smallest absolute Gasteiger partial charge is 0.310 e. The van der Waals surface area contributed by atoms with Gasteiger partial charge in [-0.2, -0.15) is 0 Å². The van der Waals surface area contributed by atoms with Gasteiger partial charge in [-0.25, -0.2) is 4.39 Å². The Morgan fingerprint density at radius 1 is 1.06 bits per heavy atom. The van der Waals surface area contributed by atoms with Crippen molar-refractivity contribution in [3.05, 3.63) is 94.3 Å². The van der Waals surface area contributed by atoms with E-state index in [1.807, 2.05) is 18.2 Å². The average molecular weight is 445 g/mol. The van der Waals surface area contributed by atoms with Crippen LogP contribution in [0.5, 0.6) is 0 Å². The number of hydrogen-bond acceptors (Lipinski definition) is 4.